The van der Waals surface area contributed by atoms with E-state index < -0.39 is 0 Å². The molecule has 2 aliphatic carbocycles. The van der Waals surface area contributed by atoms with Crippen molar-refractivity contribution in [3.63, 3.8) is 0 Å². The van der Waals surface area contributed by atoms with Gasteiger partial charge in [-0.25, -0.2) is 4.98 Å². The van der Waals surface area contributed by atoms with Crippen LogP contribution in [0.5, 0.6) is 0 Å². The molecule has 2 atom stereocenters. The Morgan fingerprint density at radius 1 is 1.11 bits per heavy atom. The van der Waals surface area contributed by atoms with Gasteiger partial charge in [-0.2, -0.15) is 0 Å². The first kappa shape index (κ1) is 17.4. The maximum absolute atomic E-state index is 13.1. The van der Waals surface area contributed by atoms with Crippen LogP contribution in [0.15, 0.2) is 11.1 Å². The Kier molecular flexibility index (Phi) is 4.54. The van der Waals surface area contributed by atoms with Gasteiger partial charge in [-0.1, -0.05) is 19.3 Å². The second-order valence-electron chi connectivity index (χ2n) is 8.50. The number of nitrogens with zero attached hydrogens (tertiary/aromatic N) is 3. The number of thiophene rings is 1. The minimum Gasteiger partial charge on any atom is -0.341 e. The highest BCUT2D eigenvalue weighted by molar-refractivity contribution is 7.18. The van der Waals surface area contributed by atoms with E-state index in [0.717, 1.165) is 54.9 Å². The van der Waals surface area contributed by atoms with Crippen molar-refractivity contribution in [1.82, 2.24) is 14.5 Å². The SMILES string of the molecule is O=C(Cn1cnc2sc3c(c2c1=O)CCCC3)N1CC[C@@H]2CCCC[C@@H]2C1. The lowest BCUT2D eigenvalue weighted by molar-refractivity contribution is -0.135. The van der Waals surface area contributed by atoms with Gasteiger partial charge in [-0.3, -0.25) is 14.2 Å². The molecule has 5 nitrogen and oxygen atoms in total. The Labute approximate surface area is 163 Å². The third-order valence-electron chi connectivity index (χ3n) is 6.89. The summed E-state index contributed by atoms with van der Waals surface area (Å²) in [5.41, 5.74) is 1.17. The van der Waals surface area contributed by atoms with E-state index in [4.69, 9.17) is 0 Å². The summed E-state index contributed by atoms with van der Waals surface area (Å²) in [5, 5.41) is 0.774. The molecule has 5 rings (SSSR count). The Bertz CT molecular complexity index is 931. The first-order valence-corrected chi connectivity index (χ1v) is 11.3. The molecule has 6 heteroatoms. The van der Waals surface area contributed by atoms with Gasteiger partial charge in [0.25, 0.3) is 5.56 Å². The molecule has 0 unspecified atom stereocenters. The summed E-state index contributed by atoms with van der Waals surface area (Å²) in [5.74, 6) is 1.55. The monoisotopic (exact) mass is 385 g/mol. The maximum atomic E-state index is 13.1. The molecule has 3 aliphatic rings. The smallest absolute Gasteiger partial charge is 0.262 e. The van der Waals surface area contributed by atoms with E-state index in [1.165, 1.54) is 42.5 Å². The summed E-state index contributed by atoms with van der Waals surface area (Å²) in [7, 11) is 0. The lowest BCUT2D eigenvalue weighted by Gasteiger charge is -2.41. The fourth-order valence-electron chi connectivity index (χ4n) is 5.37. The predicted octanol–water partition coefficient (Wildman–Crippen LogP) is 3.38. The average molecular weight is 386 g/mol. The van der Waals surface area contributed by atoms with Crippen molar-refractivity contribution in [3.05, 3.63) is 27.1 Å². The topological polar surface area (TPSA) is 55.2 Å². The lowest BCUT2D eigenvalue weighted by atomic mass is 9.75. The van der Waals surface area contributed by atoms with Gasteiger partial charge >= 0.3 is 0 Å². The van der Waals surface area contributed by atoms with E-state index in [1.54, 1.807) is 22.2 Å². The minimum atomic E-state index is -0.0275. The summed E-state index contributed by atoms with van der Waals surface area (Å²) in [6, 6.07) is 0. The number of amides is 1. The van der Waals surface area contributed by atoms with Crippen molar-refractivity contribution >= 4 is 27.5 Å². The highest BCUT2D eigenvalue weighted by Gasteiger charge is 2.33. The maximum Gasteiger partial charge on any atom is 0.262 e. The van der Waals surface area contributed by atoms with Crippen molar-refractivity contribution in [2.45, 2.75) is 64.3 Å². The number of aromatic nitrogens is 2. The zero-order valence-corrected chi connectivity index (χ0v) is 16.6. The Morgan fingerprint density at radius 2 is 1.93 bits per heavy atom. The molecule has 0 bridgehead atoms. The van der Waals surface area contributed by atoms with Crippen molar-refractivity contribution in [3.8, 4) is 0 Å². The van der Waals surface area contributed by atoms with Crippen molar-refractivity contribution in [1.29, 1.82) is 0 Å². The van der Waals surface area contributed by atoms with E-state index in [-0.39, 0.29) is 18.0 Å². The molecule has 0 aromatic carbocycles. The van der Waals surface area contributed by atoms with E-state index >= 15 is 0 Å². The van der Waals surface area contributed by atoms with Gasteiger partial charge < -0.3 is 4.90 Å². The number of hydrogen-bond acceptors (Lipinski definition) is 4. The molecular formula is C21H27N3O2S. The number of piperidine rings is 1. The summed E-state index contributed by atoms with van der Waals surface area (Å²) >= 11 is 1.66. The Hall–Kier alpha value is -1.69. The van der Waals surface area contributed by atoms with Crippen LogP contribution in [0, 0.1) is 11.8 Å². The van der Waals surface area contributed by atoms with Crippen molar-refractivity contribution in [2.24, 2.45) is 11.8 Å². The van der Waals surface area contributed by atoms with Gasteiger partial charge in [0, 0.05) is 18.0 Å². The molecule has 2 aromatic heterocycles. The van der Waals surface area contributed by atoms with E-state index in [2.05, 4.69) is 4.98 Å². The largest absolute Gasteiger partial charge is 0.341 e. The minimum absolute atomic E-state index is 0.0275. The van der Waals surface area contributed by atoms with E-state index in [0.29, 0.717) is 5.92 Å². The normalized spacial score (nSPS) is 25.3. The van der Waals surface area contributed by atoms with E-state index in [9.17, 15) is 9.59 Å². The first-order valence-electron chi connectivity index (χ1n) is 10.5. The predicted molar refractivity (Wildman–Crippen MR) is 107 cm³/mol. The summed E-state index contributed by atoms with van der Waals surface area (Å²) < 4.78 is 1.54. The Morgan fingerprint density at radius 3 is 2.81 bits per heavy atom. The zero-order valence-electron chi connectivity index (χ0n) is 15.8. The second-order valence-corrected chi connectivity index (χ2v) is 9.59. The summed E-state index contributed by atoms with van der Waals surface area (Å²) in [4.78, 5) is 34.6. The third-order valence-corrected chi connectivity index (χ3v) is 8.09. The lowest BCUT2D eigenvalue weighted by Crippen LogP contribution is -2.46. The van der Waals surface area contributed by atoms with Crippen LogP contribution in [-0.2, 0) is 24.2 Å². The molecule has 2 fully saturated rings. The van der Waals surface area contributed by atoms with Crippen molar-refractivity contribution in [2.75, 3.05) is 13.1 Å². The number of likely N-dealkylation sites (tertiary alicyclic amines) is 1. The fraction of sp³-hybridized carbons (Fsp3) is 0.667. The number of carbonyl (C=O) groups excluding carboxylic acids is 1. The number of aryl methyl sites for hydroxylation is 2. The molecule has 0 N–H and O–H groups in total. The van der Waals surface area contributed by atoms with Crippen LogP contribution in [0.3, 0.4) is 0 Å². The standard InChI is InChI=1S/C21H27N3O2S/c25-18(23-10-9-14-5-1-2-6-15(14)11-23)12-24-13-22-20-19(21(24)26)16-7-3-4-8-17(16)27-20/h13-15H,1-12H2/t14-,15+/m0/s1. The molecule has 2 aromatic rings. The average Bonchev–Trinajstić information content (AvgIpc) is 3.09. The van der Waals surface area contributed by atoms with E-state index in [1.807, 2.05) is 4.90 Å². The number of fused-ring (bicyclic) bond motifs is 4. The molecule has 3 heterocycles. The number of rotatable bonds is 2. The van der Waals surface area contributed by atoms with Gasteiger partial charge in [0.05, 0.1) is 11.7 Å². The van der Waals surface area contributed by atoms with Gasteiger partial charge in [-0.05, 0) is 55.9 Å². The first-order chi connectivity index (χ1) is 13.2. The second kappa shape index (κ2) is 7.04. The summed E-state index contributed by atoms with van der Waals surface area (Å²) in [6.45, 7) is 1.85. The molecule has 27 heavy (non-hydrogen) atoms. The van der Waals surface area contributed by atoms with Crippen LogP contribution in [-0.4, -0.2) is 33.4 Å². The van der Waals surface area contributed by atoms with Crippen LogP contribution in [0.25, 0.3) is 10.2 Å². The highest BCUT2D eigenvalue weighted by atomic mass is 32.1. The molecule has 144 valence electrons. The number of hydrogen-bond donors (Lipinski definition) is 0. The molecule has 1 saturated carbocycles. The summed E-state index contributed by atoms with van der Waals surface area (Å²) in [6.07, 6.45) is 12.3. The van der Waals surface area contributed by atoms with Gasteiger partial charge in [-0.15, -0.1) is 11.3 Å². The van der Waals surface area contributed by atoms with Gasteiger partial charge in [0.2, 0.25) is 5.91 Å². The quantitative estimate of drug-likeness (QED) is 0.796. The van der Waals surface area contributed by atoms with Gasteiger partial charge in [0.1, 0.15) is 11.4 Å². The van der Waals surface area contributed by atoms with Crippen molar-refractivity contribution < 1.29 is 4.79 Å². The molecule has 0 spiro atoms. The molecular weight excluding hydrogens is 358 g/mol. The van der Waals surface area contributed by atoms with Crippen LogP contribution >= 0.6 is 11.3 Å². The molecule has 1 amide bonds. The fourth-order valence-corrected chi connectivity index (χ4v) is 6.59. The van der Waals surface area contributed by atoms with Crippen LogP contribution < -0.4 is 5.56 Å². The molecule has 1 aliphatic heterocycles. The number of carbonyl (C=O) groups is 1. The van der Waals surface area contributed by atoms with Crippen LogP contribution in [0.2, 0.25) is 0 Å². The molecule has 1 saturated heterocycles. The molecule has 0 radical (unpaired) electrons. The Balaban J connectivity index is 1.37. The highest BCUT2D eigenvalue weighted by Crippen LogP contribution is 2.36. The van der Waals surface area contributed by atoms with Crippen LogP contribution in [0.4, 0.5) is 0 Å². The van der Waals surface area contributed by atoms with Gasteiger partial charge in [0.15, 0.2) is 0 Å². The zero-order chi connectivity index (χ0) is 18.4. The van der Waals surface area contributed by atoms with Crippen LogP contribution in [0.1, 0.15) is 55.4 Å². The third kappa shape index (κ3) is 3.12.